The zero-order chi connectivity index (χ0) is 28.8. The maximum absolute atomic E-state index is 11.1. The molecule has 0 aromatic rings. The summed E-state index contributed by atoms with van der Waals surface area (Å²) in [5.41, 5.74) is 9.12. The van der Waals surface area contributed by atoms with E-state index in [1.54, 1.807) is 14.1 Å². The number of carbonyl (C=O) groups is 6. The number of nitrogens with two attached hydrogens (primary N) is 3. The zero-order valence-corrected chi connectivity index (χ0v) is 21.6. The van der Waals surface area contributed by atoms with Gasteiger partial charge in [-0.1, -0.05) is 0 Å². The normalized spacial score (nSPS) is 8.53. The van der Waals surface area contributed by atoms with Gasteiger partial charge in [-0.3, -0.25) is 39.6 Å². The van der Waals surface area contributed by atoms with Crippen LogP contribution in [0.5, 0.6) is 0 Å². The molecule has 3 amide bonds. The predicted octanol–water partition coefficient (Wildman–Crippen LogP) is -1.18. The van der Waals surface area contributed by atoms with Gasteiger partial charge in [0.05, 0.1) is 19.1 Å². The summed E-state index contributed by atoms with van der Waals surface area (Å²) in [5.74, 6) is 8.26. The fraction of sp³-hybridized carbons (Fsp3) is 0.667. The average Bonchev–Trinajstić information content (AvgIpc) is 2.83. The molecule has 0 rings (SSSR count). The fourth-order valence-electron chi connectivity index (χ4n) is 1.87. The van der Waals surface area contributed by atoms with Crippen LogP contribution in [0.4, 0.5) is 0 Å². The van der Waals surface area contributed by atoms with Crippen molar-refractivity contribution in [3.63, 3.8) is 0 Å². The van der Waals surface area contributed by atoms with Crippen LogP contribution in [0.2, 0.25) is 0 Å². The van der Waals surface area contributed by atoms with Crippen LogP contribution < -0.4 is 33.6 Å². The monoisotopic (exact) mass is 518 g/mol. The first-order valence-electron chi connectivity index (χ1n) is 11.0. The van der Waals surface area contributed by atoms with Crippen LogP contribution >= 0.6 is 0 Å². The van der Waals surface area contributed by atoms with Gasteiger partial charge in [-0.25, -0.2) is 21.7 Å². The van der Waals surface area contributed by atoms with Crippen LogP contribution in [0.1, 0.15) is 65.2 Å². The van der Waals surface area contributed by atoms with Crippen LogP contribution in [-0.2, 0) is 28.8 Å². The van der Waals surface area contributed by atoms with Crippen LogP contribution in [0.15, 0.2) is 9.98 Å². The Labute approximate surface area is 211 Å². The van der Waals surface area contributed by atoms with E-state index in [0.717, 1.165) is 6.92 Å². The number of carbonyl (C=O) groups excluding carboxylic acids is 5. The molecule has 10 N–H and O–H groups in total. The Balaban J connectivity index is -0.000000216. The van der Waals surface area contributed by atoms with Crippen molar-refractivity contribution >= 4 is 41.3 Å². The maximum atomic E-state index is 11.1. The van der Waals surface area contributed by atoms with E-state index in [-0.39, 0.29) is 42.4 Å². The second kappa shape index (κ2) is 31.5. The summed E-state index contributed by atoms with van der Waals surface area (Å²) in [6.45, 7) is 2.60. The van der Waals surface area contributed by atoms with Gasteiger partial charge < -0.3 is 16.2 Å². The molecule has 0 aromatic heterocycles. The molecule has 0 saturated heterocycles. The average molecular weight is 519 g/mol. The number of Topliss-reactive ketones (excluding diaryl/α,β-unsaturated/α-hetero) is 2. The topological polar surface area (TPSA) is 262 Å². The maximum Gasteiger partial charge on any atom is 0.300 e. The third-order valence-corrected chi connectivity index (χ3v) is 3.50. The van der Waals surface area contributed by atoms with E-state index < -0.39 is 5.97 Å². The molecule has 0 fully saturated rings. The number of carboxylic acids is 1. The van der Waals surface area contributed by atoms with Gasteiger partial charge in [-0.2, -0.15) is 0 Å². The molecular weight excluding hydrogens is 476 g/mol. The molecule has 0 spiro atoms. The van der Waals surface area contributed by atoms with Gasteiger partial charge in [-0.15, -0.1) is 0 Å². The fourth-order valence-corrected chi connectivity index (χ4v) is 1.87. The molecule has 0 aliphatic carbocycles. The molecule has 0 heterocycles. The summed E-state index contributed by atoms with van der Waals surface area (Å²) in [6.07, 6.45) is 4.14. The SMILES string of the molecule is CC(=O)NCC(=O)CCCCC(=O)NN.CC(=O)O.CN=C=NC.NCC(=O)CCCCC(=O)NN. The van der Waals surface area contributed by atoms with Crippen LogP contribution in [0, 0.1) is 0 Å². The van der Waals surface area contributed by atoms with E-state index in [9.17, 15) is 24.0 Å². The highest BCUT2D eigenvalue weighted by Gasteiger charge is 2.04. The Morgan fingerprint density at radius 2 is 1.11 bits per heavy atom. The van der Waals surface area contributed by atoms with Crippen molar-refractivity contribution < 1.29 is 33.9 Å². The molecule has 15 nitrogen and oxygen atoms in total. The lowest BCUT2D eigenvalue weighted by Crippen LogP contribution is -2.29. The number of aliphatic carboxylic acids is 1. The Bertz CT molecular complexity index is 680. The minimum absolute atomic E-state index is 0.0293. The highest BCUT2D eigenvalue weighted by atomic mass is 16.4. The Morgan fingerprint density at radius 3 is 1.39 bits per heavy atom. The molecule has 0 bridgehead atoms. The number of nitrogens with one attached hydrogen (secondary N) is 3. The molecule has 0 aromatic carbocycles. The second-order valence-corrected chi connectivity index (χ2v) is 6.81. The number of unbranched alkanes of at least 4 members (excludes halogenated alkanes) is 2. The van der Waals surface area contributed by atoms with Crippen molar-refractivity contribution in [1.82, 2.24) is 16.2 Å². The van der Waals surface area contributed by atoms with Crippen molar-refractivity contribution in [2.75, 3.05) is 27.2 Å². The van der Waals surface area contributed by atoms with E-state index in [4.69, 9.17) is 27.3 Å². The van der Waals surface area contributed by atoms with Gasteiger partial charge in [0, 0.05) is 53.6 Å². The summed E-state index contributed by atoms with van der Waals surface area (Å²) < 4.78 is 0. The number of aliphatic imine (C=N–C) groups is 2. The molecule has 208 valence electrons. The predicted molar refractivity (Wildman–Crippen MR) is 134 cm³/mol. The molecule has 0 aliphatic rings. The van der Waals surface area contributed by atoms with Crippen LogP contribution in [-0.4, -0.2) is 73.6 Å². The summed E-state index contributed by atoms with van der Waals surface area (Å²) in [6, 6.07) is 2.36. The molecule has 0 aliphatic heterocycles. The summed E-state index contributed by atoms with van der Waals surface area (Å²) in [4.78, 5) is 69.4. The number of rotatable bonds is 13. The van der Waals surface area contributed by atoms with Gasteiger partial charge in [0.15, 0.2) is 5.78 Å². The Morgan fingerprint density at radius 1 is 0.750 bits per heavy atom. The van der Waals surface area contributed by atoms with Crippen molar-refractivity contribution in [1.29, 1.82) is 0 Å². The number of amides is 3. The van der Waals surface area contributed by atoms with Crippen LogP contribution in [0.3, 0.4) is 0 Å². The van der Waals surface area contributed by atoms with Gasteiger partial charge in [0.25, 0.3) is 5.97 Å². The van der Waals surface area contributed by atoms with E-state index in [2.05, 4.69) is 21.3 Å². The molecule has 0 unspecified atom stereocenters. The smallest absolute Gasteiger partial charge is 0.300 e. The molecule has 0 saturated carbocycles. The lowest BCUT2D eigenvalue weighted by molar-refractivity contribution is -0.134. The molecule has 36 heavy (non-hydrogen) atoms. The van der Waals surface area contributed by atoms with Gasteiger partial charge in [0.2, 0.25) is 17.7 Å². The quantitative estimate of drug-likeness (QED) is 0.0504. The first-order valence-corrected chi connectivity index (χ1v) is 11.0. The summed E-state index contributed by atoms with van der Waals surface area (Å²) in [5, 5.41) is 9.84. The molecule has 0 radical (unpaired) electrons. The second-order valence-electron chi connectivity index (χ2n) is 6.81. The van der Waals surface area contributed by atoms with Crippen molar-refractivity contribution in [2.45, 2.75) is 65.2 Å². The van der Waals surface area contributed by atoms with Crippen molar-refractivity contribution in [2.24, 2.45) is 27.4 Å². The number of ketones is 2. The number of hydrogen-bond acceptors (Lipinski definition) is 11. The van der Waals surface area contributed by atoms with E-state index >= 15 is 0 Å². The third-order valence-electron chi connectivity index (χ3n) is 3.50. The lowest BCUT2D eigenvalue weighted by Gasteiger charge is -2.01. The highest BCUT2D eigenvalue weighted by molar-refractivity contribution is 5.85. The minimum Gasteiger partial charge on any atom is -0.481 e. The molecule has 15 heteroatoms. The summed E-state index contributed by atoms with van der Waals surface area (Å²) in [7, 11) is 3.26. The number of nitrogens with zero attached hydrogens (tertiary/aromatic N) is 2. The Kier molecular flexibility index (Phi) is 34.7. The largest absolute Gasteiger partial charge is 0.481 e. The third kappa shape index (κ3) is 48.0. The van der Waals surface area contributed by atoms with Gasteiger partial charge >= 0.3 is 0 Å². The zero-order valence-electron chi connectivity index (χ0n) is 21.6. The van der Waals surface area contributed by atoms with E-state index in [1.165, 1.54) is 6.92 Å². The summed E-state index contributed by atoms with van der Waals surface area (Å²) >= 11 is 0. The van der Waals surface area contributed by atoms with Gasteiger partial charge in [-0.05, 0) is 25.7 Å². The van der Waals surface area contributed by atoms with Crippen molar-refractivity contribution in [3.8, 4) is 0 Å². The minimum atomic E-state index is -0.833. The Hall–Kier alpha value is -3.52. The number of hydrazine groups is 2. The molecule has 0 atom stereocenters. The highest BCUT2D eigenvalue weighted by Crippen LogP contribution is 2.00. The first kappa shape index (κ1) is 39.7. The standard InChI is InChI=1S/C9H17N3O3.C7H15N3O2.C3H6N2.C2H4O2/c1-7(13)11-6-8(14)4-2-3-5-9(15)12-10;8-5-6(11)3-1-2-4-7(12)10-9;1-4-3-5-2;1-2(3)4/h2-6,10H2,1H3,(H,11,13)(H,12,15);1-5,8-9H2,(H,10,12);1-2H3;1H3,(H,3,4). The first-order chi connectivity index (χ1) is 16.9. The lowest BCUT2D eigenvalue weighted by atomic mass is 10.1. The number of hydrogen-bond donors (Lipinski definition) is 7. The van der Waals surface area contributed by atoms with Gasteiger partial charge in [0.1, 0.15) is 5.78 Å². The van der Waals surface area contributed by atoms with Crippen LogP contribution in [0.25, 0.3) is 0 Å². The number of carboxylic acid groups (broad SMARTS) is 1. The van der Waals surface area contributed by atoms with E-state index in [1.807, 2.05) is 10.9 Å². The van der Waals surface area contributed by atoms with Crippen molar-refractivity contribution in [3.05, 3.63) is 0 Å². The molecular formula is C21H42N8O7. The van der Waals surface area contributed by atoms with E-state index in [0.29, 0.717) is 51.4 Å².